The number of amides is 1. The van der Waals surface area contributed by atoms with Crippen LogP contribution in [0, 0.1) is 0 Å². The summed E-state index contributed by atoms with van der Waals surface area (Å²) in [5.41, 5.74) is 0. The zero-order valence-corrected chi connectivity index (χ0v) is 51.8. The molecule has 450 valence electrons. The topological polar surface area (TPSA) is 145 Å². The second kappa shape index (κ2) is 62.2. The lowest BCUT2D eigenvalue weighted by Gasteiger charge is -2.25. The number of unbranched alkanes of at least 4 members (excludes halogenated alkanes) is 35. The van der Waals surface area contributed by atoms with Gasteiger partial charge in [-0.15, -0.1) is 0 Å². The lowest BCUT2D eigenvalue weighted by molar-refractivity contribution is -0.894. The monoisotopic (exact) mass is 1100 g/mol. The SMILES string of the molecule is CCCCCCCC/C=C\CCCCCCCC(=O)OC[C@H](COP(=O)([O-])OCCNC(=O)CCCCCCCCCCCCCCCC)OC(=O)CCCCCCC/C=C\CCCCCCCC.CC[NH+](CC)CC. The number of allylic oxidation sites excluding steroid dienone is 4. The van der Waals surface area contributed by atoms with Crippen LogP contribution in [0.1, 0.15) is 318 Å². The number of carbonyl (C=O) groups excluding carboxylic acids is 3. The Morgan fingerprint density at radius 1 is 0.434 bits per heavy atom. The van der Waals surface area contributed by atoms with Gasteiger partial charge in [0.2, 0.25) is 5.91 Å². The molecule has 0 radical (unpaired) electrons. The molecule has 1 unspecified atom stereocenters. The summed E-state index contributed by atoms with van der Waals surface area (Å²) in [7, 11) is -4.79. The Hall–Kier alpha value is -2.04. The van der Waals surface area contributed by atoms with Gasteiger partial charge >= 0.3 is 11.9 Å². The lowest BCUT2D eigenvalue weighted by Crippen LogP contribution is -3.11. The van der Waals surface area contributed by atoms with Gasteiger partial charge < -0.3 is 33.6 Å². The Kier molecular flexibility index (Phi) is 62.2. The number of quaternary nitrogens is 1. The third-order valence-corrected chi connectivity index (χ3v) is 15.3. The molecular weight excluding hydrogens is 972 g/mol. The standard InChI is InChI=1S/C58H110NO9P.C6H15N/c1-4-7-10-13-16-19-22-25-28-31-34-37-40-43-46-49-57(61)65-53-55(68-58(62)50-47-44-41-38-35-32-29-26-23-20-17-14-11-8-5-2)54-67-69(63,64)66-52-51-59-56(60)48-45-42-39-36-33-30-27-24-21-18-15-12-9-6-3;1-4-7(5-2)6-3/h25-26,28-29,55H,4-24,27,30-54H2,1-3H3,(H,59,60)(H,63,64);4-6H2,1-3H3/b28-25-,29-26-;/t55-;/m1./s1. The molecular formula is C64H125N2O9P. The van der Waals surface area contributed by atoms with Gasteiger partial charge in [-0.2, -0.15) is 0 Å². The maximum atomic E-state index is 12.8. The minimum Gasteiger partial charge on any atom is -0.756 e. The highest BCUT2D eigenvalue weighted by atomic mass is 31.2. The van der Waals surface area contributed by atoms with Crippen molar-refractivity contribution in [2.45, 2.75) is 324 Å². The molecule has 0 heterocycles. The van der Waals surface area contributed by atoms with Gasteiger partial charge in [0.25, 0.3) is 7.82 Å². The molecule has 0 saturated heterocycles. The Bertz CT molecular complexity index is 1340. The van der Waals surface area contributed by atoms with Crippen LogP contribution in [-0.2, 0) is 37.5 Å². The molecule has 0 aromatic heterocycles. The molecule has 0 rings (SSSR count). The van der Waals surface area contributed by atoms with E-state index in [2.05, 4.69) is 71.2 Å². The average molecular weight is 1100 g/mol. The van der Waals surface area contributed by atoms with Crippen molar-refractivity contribution in [2.75, 3.05) is 46.0 Å². The molecule has 12 heteroatoms. The highest BCUT2D eigenvalue weighted by Crippen LogP contribution is 2.38. The summed E-state index contributed by atoms with van der Waals surface area (Å²) in [6.45, 7) is 16.1. The van der Waals surface area contributed by atoms with Crippen LogP contribution in [0.2, 0.25) is 0 Å². The summed E-state index contributed by atoms with van der Waals surface area (Å²) < 4.78 is 33.7. The van der Waals surface area contributed by atoms with Crippen molar-refractivity contribution in [2.24, 2.45) is 0 Å². The van der Waals surface area contributed by atoms with Gasteiger partial charge in [-0.05, 0) is 91.4 Å². The summed E-state index contributed by atoms with van der Waals surface area (Å²) in [6.07, 6.45) is 56.5. The fourth-order valence-corrected chi connectivity index (χ4v) is 9.92. The van der Waals surface area contributed by atoms with Crippen LogP contribution in [0.4, 0.5) is 0 Å². The van der Waals surface area contributed by atoms with Crippen LogP contribution in [0.3, 0.4) is 0 Å². The molecule has 0 aliphatic carbocycles. The third kappa shape index (κ3) is 61.2. The average Bonchev–Trinajstić information content (AvgIpc) is 3.41. The lowest BCUT2D eigenvalue weighted by atomic mass is 10.0. The quantitative estimate of drug-likeness (QED) is 0.0263. The van der Waals surface area contributed by atoms with Gasteiger partial charge in [0.05, 0.1) is 32.8 Å². The molecule has 2 N–H and O–H groups in total. The van der Waals surface area contributed by atoms with Gasteiger partial charge in [-0.25, -0.2) is 0 Å². The predicted octanol–water partition coefficient (Wildman–Crippen LogP) is 16.9. The summed E-state index contributed by atoms with van der Waals surface area (Å²) >= 11 is 0. The van der Waals surface area contributed by atoms with E-state index in [-0.39, 0.29) is 38.5 Å². The maximum Gasteiger partial charge on any atom is 0.306 e. The smallest absolute Gasteiger partial charge is 0.306 e. The van der Waals surface area contributed by atoms with E-state index >= 15 is 0 Å². The Balaban J connectivity index is 0. The Morgan fingerprint density at radius 2 is 0.763 bits per heavy atom. The van der Waals surface area contributed by atoms with Crippen LogP contribution in [-0.4, -0.2) is 69.9 Å². The fourth-order valence-electron chi connectivity index (χ4n) is 9.18. The van der Waals surface area contributed by atoms with E-state index in [1.807, 2.05) is 0 Å². The van der Waals surface area contributed by atoms with Gasteiger partial charge in [0, 0.05) is 25.8 Å². The van der Waals surface area contributed by atoms with Gasteiger partial charge in [0.15, 0.2) is 6.10 Å². The number of hydrogen-bond donors (Lipinski definition) is 2. The van der Waals surface area contributed by atoms with E-state index in [0.717, 1.165) is 89.9 Å². The van der Waals surface area contributed by atoms with E-state index in [1.165, 1.54) is 174 Å². The Morgan fingerprint density at radius 3 is 1.12 bits per heavy atom. The number of ether oxygens (including phenoxy) is 2. The van der Waals surface area contributed by atoms with Gasteiger partial charge in [-0.3, -0.25) is 18.9 Å². The molecule has 2 atom stereocenters. The van der Waals surface area contributed by atoms with Gasteiger partial charge in [-0.1, -0.05) is 231 Å². The zero-order valence-electron chi connectivity index (χ0n) is 50.9. The molecule has 1 amide bonds. The van der Waals surface area contributed by atoms with Crippen molar-refractivity contribution >= 4 is 25.7 Å². The van der Waals surface area contributed by atoms with Crippen LogP contribution in [0.5, 0.6) is 0 Å². The second-order valence-electron chi connectivity index (χ2n) is 21.5. The van der Waals surface area contributed by atoms with E-state index in [9.17, 15) is 23.8 Å². The van der Waals surface area contributed by atoms with Crippen molar-refractivity contribution in [3.63, 3.8) is 0 Å². The largest absolute Gasteiger partial charge is 0.756 e. The molecule has 0 saturated carbocycles. The summed E-state index contributed by atoms with van der Waals surface area (Å²) in [5.74, 6) is -1.05. The minimum atomic E-state index is -4.79. The summed E-state index contributed by atoms with van der Waals surface area (Å²) in [6, 6.07) is 0. The van der Waals surface area contributed by atoms with Crippen molar-refractivity contribution in [1.82, 2.24) is 5.32 Å². The molecule has 0 spiro atoms. The molecule has 76 heavy (non-hydrogen) atoms. The summed E-state index contributed by atoms with van der Waals surface area (Å²) in [4.78, 5) is 52.1. The van der Waals surface area contributed by atoms with Crippen LogP contribution >= 0.6 is 7.82 Å². The van der Waals surface area contributed by atoms with E-state index < -0.39 is 32.5 Å². The first-order valence-corrected chi connectivity index (χ1v) is 33.9. The third-order valence-electron chi connectivity index (χ3n) is 14.4. The number of carbonyl (C=O) groups is 3. The predicted molar refractivity (Wildman–Crippen MR) is 320 cm³/mol. The van der Waals surface area contributed by atoms with Crippen LogP contribution in [0.25, 0.3) is 0 Å². The van der Waals surface area contributed by atoms with Crippen molar-refractivity contribution in [1.29, 1.82) is 0 Å². The molecule has 11 nitrogen and oxygen atoms in total. The first-order chi connectivity index (χ1) is 37.1. The van der Waals surface area contributed by atoms with Gasteiger partial charge in [0.1, 0.15) is 6.61 Å². The fraction of sp³-hybridized carbons (Fsp3) is 0.891. The normalized spacial score (nSPS) is 12.8. The first-order valence-electron chi connectivity index (χ1n) is 32.4. The van der Waals surface area contributed by atoms with E-state index in [0.29, 0.717) is 19.3 Å². The minimum absolute atomic E-state index is 0.0232. The zero-order chi connectivity index (χ0) is 56.1. The molecule has 0 aliphatic rings. The Labute approximate surface area is 470 Å². The number of hydrogen-bond acceptors (Lipinski definition) is 9. The van der Waals surface area contributed by atoms with Crippen LogP contribution < -0.4 is 15.1 Å². The molecule has 0 aromatic rings. The number of phosphoric acid groups is 1. The number of nitrogens with one attached hydrogen (secondary N) is 2. The number of rotatable bonds is 58. The highest BCUT2D eigenvalue weighted by molar-refractivity contribution is 7.45. The molecule has 0 fully saturated rings. The first kappa shape index (κ1) is 76.0. The molecule has 0 bridgehead atoms. The van der Waals surface area contributed by atoms with Crippen molar-refractivity contribution in [3.05, 3.63) is 24.3 Å². The number of phosphoric ester groups is 1. The highest BCUT2D eigenvalue weighted by Gasteiger charge is 2.21. The number of esters is 2. The summed E-state index contributed by atoms with van der Waals surface area (Å²) in [5, 5.41) is 2.72. The molecule has 0 aliphatic heterocycles. The van der Waals surface area contributed by atoms with Crippen LogP contribution in [0.15, 0.2) is 24.3 Å². The van der Waals surface area contributed by atoms with Crippen molar-refractivity contribution in [3.8, 4) is 0 Å². The maximum absolute atomic E-state index is 12.8. The molecule has 0 aromatic carbocycles. The van der Waals surface area contributed by atoms with E-state index in [1.54, 1.807) is 4.90 Å². The second-order valence-corrected chi connectivity index (χ2v) is 23.0. The van der Waals surface area contributed by atoms with E-state index in [4.69, 9.17) is 18.5 Å². The van der Waals surface area contributed by atoms with Crippen molar-refractivity contribution < 1.29 is 47.3 Å².